The zero-order chi connectivity index (χ0) is 19.2. The van der Waals surface area contributed by atoms with Crippen molar-refractivity contribution in [2.75, 3.05) is 33.7 Å². The summed E-state index contributed by atoms with van der Waals surface area (Å²) in [5.41, 5.74) is 0. The zero-order valence-electron chi connectivity index (χ0n) is 15.2. The highest BCUT2D eigenvalue weighted by Crippen LogP contribution is 2.51. The molecule has 1 fully saturated rings. The quantitative estimate of drug-likeness (QED) is 0.333. The van der Waals surface area contributed by atoms with Crippen molar-refractivity contribution in [2.24, 2.45) is 4.99 Å². The van der Waals surface area contributed by atoms with E-state index >= 15 is 0 Å². The number of amides is 1. The van der Waals surface area contributed by atoms with Crippen molar-refractivity contribution in [3.8, 4) is 0 Å². The van der Waals surface area contributed by atoms with E-state index in [1.165, 1.54) is 4.90 Å². The van der Waals surface area contributed by atoms with Crippen LogP contribution in [0.4, 0.5) is 13.2 Å². The molecule has 1 aromatic carbocycles. The monoisotopic (exact) mass is 516 g/mol. The summed E-state index contributed by atoms with van der Waals surface area (Å²) in [6, 6.07) is 10.1. The van der Waals surface area contributed by atoms with E-state index in [4.69, 9.17) is 0 Å². The smallest absolute Gasteiger partial charge is 0.355 e. The Bertz CT molecular complexity index is 639. The predicted molar refractivity (Wildman–Crippen MR) is 113 cm³/mol. The molecule has 0 atom stereocenters. The van der Waals surface area contributed by atoms with Crippen molar-refractivity contribution in [1.82, 2.24) is 15.5 Å². The van der Waals surface area contributed by atoms with Gasteiger partial charge in [-0.1, -0.05) is 18.2 Å². The van der Waals surface area contributed by atoms with E-state index in [2.05, 4.69) is 27.8 Å². The van der Waals surface area contributed by atoms with E-state index in [0.717, 1.165) is 19.9 Å². The van der Waals surface area contributed by atoms with Crippen LogP contribution in [0.1, 0.15) is 12.8 Å². The first-order chi connectivity index (χ1) is 12.2. The second kappa shape index (κ2) is 10.4. The summed E-state index contributed by atoms with van der Waals surface area (Å²) in [7, 11) is 2.69. The largest absolute Gasteiger partial charge is 0.406 e. The average molecular weight is 516 g/mol. The van der Waals surface area contributed by atoms with E-state index < -0.39 is 18.6 Å². The number of hydrogen-bond donors (Lipinski definition) is 2. The standard InChI is InChI=1S/C17H23F3N4OS.HI/c1-21-15(22-10-14(25)24(2)12-17(18,19)20)23-11-16(8-9-16)26-13-6-4-3-5-7-13;/h3-7H,8-12H2,1-2H3,(H2,21,22,23);1H. The highest BCUT2D eigenvalue weighted by molar-refractivity contribution is 14.0. The number of aliphatic imine (C=N–C) groups is 1. The number of nitrogens with zero attached hydrogens (tertiary/aromatic N) is 2. The Morgan fingerprint density at radius 2 is 1.89 bits per heavy atom. The number of thioether (sulfide) groups is 1. The van der Waals surface area contributed by atoms with Gasteiger partial charge in [0.05, 0.1) is 6.54 Å². The Kier molecular flexibility index (Phi) is 9.19. The number of benzene rings is 1. The first-order valence-corrected chi connectivity index (χ1v) is 9.04. The van der Waals surface area contributed by atoms with Crippen molar-refractivity contribution < 1.29 is 18.0 Å². The Balaban J connectivity index is 0.00000364. The fraction of sp³-hybridized carbons (Fsp3) is 0.529. The molecule has 0 spiro atoms. The molecule has 0 aliphatic heterocycles. The fourth-order valence-corrected chi connectivity index (χ4v) is 3.55. The second-order valence-corrected chi connectivity index (χ2v) is 7.78. The molecule has 1 saturated carbocycles. The third-order valence-electron chi connectivity index (χ3n) is 3.94. The molecule has 27 heavy (non-hydrogen) atoms. The molecule has 0 heterocycles. The van der Waals surface area contributed by atoms with Crippen LogP contribution in [0.3, 0.4) is 0 Å². The van der Waals surface area contributed by atoms with Gasteiger partial charge in [0.2, 0.25) is 5.91 Å². The molecule has 2 rings (SSSR count). The number of guanidine groups is 1. The number of halogens is 4. The summed E-state index contributed by atoms with van der Waals surface area (Å²) in [6.07, 6.45) is -2.26. The van der Waals surface area contributed by atoms with Gasteiger partial charge in [-0.15, -0.1) is 35.7 Å². The topological polar surface area (TPSA) is 56.7 Å². The number of hydrogen-bond acceptors (Lipinski definition) is 3. The summed E-state index contributed by atoms with van der Waals surface area (Å²) in [6.45, 7) is -0.847. The van der Waals surface area contributed by atoms with Crippen LogP contribution in [0.2, 0.25) is 0 Å². The minimum Gasteiger partial charge on any atom is -0.355 e. The molecule has 0 aromatic heterocycles. The fourth-order valence-electron chi connectivity index (χ4n) is 2.31. The first-order valence-electron chi connectivity index (χ1n) is 8.22. The number of alkyl halides is 3. The number of rotatable bonds is 7. The van der Waals surface area contributed by atoms with E-state index in [1.807, 2.05) is 18.2 Å². The maximum atomic E-state index is 12.3. The Hall–Kier alpha value is -1.17. The van der Waals surface area contributed by atoms with Crippen LogP contribution < -0.4 is 10.6 Å². The summed E-state index contributed by atoms with van der Waals surface area (Å²) in [4.78, 5) is 17.6. The third kappa shape index (κ3) is 8.58. The van der Waals surface area contributed by atoms with E-state index in [9.17, 15) is 18.0 Å². The van der Waals surface area contributed by atoms with Gasteiger partial charge in [-0.2, -0.15) is 13.2 Å². The summed E-state index contributed by atoms with van der Waals surface area (Å²) in [5, 5.41) is 5.93. The van der Waals surface area contributed by atoms with Crippen LogP contribution in [0.5, 0.6) is 0 Å². The molecule has 5 nitrogen and oxygen atoms in total. The molecule has 1 aliphatic rings. The number of likely N-dealkylation sites (N-methyl/N-ethyl adjacent to an activating group) is 1. The molecule has 0 bridgehead atoms. The third-order valence-corrected chi connectivity index (χ3v) is 5.43. The van der Waals surface area contributed by atoms with E-state index in [-0.39, 0.29) is 35.3 Å². The Morgan fingerprint density at radius 1 is 1.26 bits per heavy atom. The summed E-state index contributed by atoms with van der Waals surface area (Å²) >= 11 is 1.80. The van der Waals surface area contributed by atoms with E-state index in [1.54, 1.807) is 18.8 Å². The number of carbonyl (C=O) groups excluding carboxylic acids is 1. The minimum atomic E-state index is -4.41. The molecular formula is C17H24F3IN4OS. The van der Waals surface area contributed by atoms with Crippen LogP contribution in [0, 0.1) is 0 Å². The predicted octanol–water partition coefficient (Wildman–Crippen LogP) is 3.12. The van der Waals surface area contributed by atoms with Gasteiger partial charge >= 0.3 is 6.18 Å². The van der Waals surface area contributed by atoms with Gasteiger partial charge < -0.3 is 15.5 Å². The van der Waals surface area contributed by atoms with Crippen LogP contribution in [0.15, 0.2) is 40.2 Å². The molecule has 0 saturated heterocycles. The van der Waals surface area contributed by atoms with Crippen molar-refractivity contribution in [2.45, 2.75) is 28.7 Å². The van der Waals surface area contributed by atoms with Gasteiger partial charge in [-0.3, -0.25) is 9.79 Å². The lowest BCUT2D eigenvalue weighted by molar-refractivity contribution is -0.157. The average Bonchev–Trinajstić information content (AvgIpc) is 3.33. The van der Waals surface area contributed by atoms with Gasteiger partial charge in [-0.05, 0) is 25.0 Å². The van der Waals surface area contributed by atoms with Crippen LogP contribution >= 0.6 is 35.7 Å². The zero-order valence-corrected chi connectivity index (χ0v) is 18.3. The van der Waals surface area contributed by atoms with Crippen molar-refractivity contribution in [3.05, 3.63) is 30.3 Å². The minimum absolute atomic E-state index is 0. The highest BCUT2D eigenvalue weighted by Gasteiger charge is 2.43. The Morgan fingerprint density at radius 3 is 2.41 bits per heavy atom. The van der Waals surface area contributed by atoms with Gasteiger partial charge in [-0.25, -0.2) is 0 Å². The molecule has 2 N–H and O–H groups in total. The van der Waals surface area contributed by atoms with Gasteiger partial charge in [0.25, 0.3) is 0 Å². The van der Waals surface area contributed by atoms with Gasteiger partial charge in [0, 0.05) is 30.3 Å². The molecule has 1 aromatic rings. The van der Waals surface area contributed by atoms with Crippen LogP contribution in [0.25, 0.3) is 0 Å². The number of carbonyl (C=O) groups is 1. The molecule has 10 heteroatoms. The summed E-state index contributed by atoms with van der Waals surface area (Å²) in [5.74, 6) is -0.247. The molecule has 0 unspecified atom stereocenters. The first kappa shape index (κ1) is 23.9. The SMILES string of the molecule is CN=C(NCC(=O)N(C)CC(F)(F)F)NCC1(Sc2ccccc2)CC1.I. The lowest BCUT2D eigenvalue weighted by atomic mass is 10.4. The lowest BCUT2D eigenvalue weighted by Gasteiger charge is -2.21. The molecule has 152 valence electrons. The van der Waals surface area contributed by atoms with E-state index in [0.29, 0.717) is 17.4 Å². The van der Waals surface area contributed by atoms with Crippen LogP contribution in [-0.4, -0.2) is 61.4 Å². The maximum absolute atomic E-state index is 12.3. The van der Waals surface area contributed by atoms with Crippen molar-refractivity contribution in [3.63, 3.8) is 0 Å². The molecular weight excluding hydrogens is 492 g/mol. The molecule has 1 aliphatic carbocycles. The van der Waals surface area contributed by atoms with Crippen molar-refractivity contribution >= 4 is 47.6 Å². The molecule has 0 radical (unpaired) electrons. The highest BCUT2D eigenvalue weighted by atomic mass is 127. The Labute approximate surface area is 178 Å². The second-order valence-electron chi connectivity index (χ2n) is 6.24. The lowest BCUT2D eigenvalue weighted by Crippen LogP contribution is -2.47. The summed E-state index contributed by atoms with van der Waals surface area (Å²) < 4.78 is 37.0. The van der Waals surface area contributed by atoms with Gasteiger partial charge in [0.15, 0.2) is 5.96 Å². The maximum Gasteiger partial charge on any atom is 0.406 e. The molecule has 1 amide bonds. The van der Waals surface area contributed by atoms with Crippen molar-refractivity contribution in [1.29, 1.82) is 0 Å². The van der Waals surface area contributed by atoms with Crippen LogP contribution in [-0.2, 0) is 4.79 Å². The van der Waals surface area contributed by atoms with Gasteiger partial charge in [0.1, 0.15) is 6.54 Å². The normalized spacial score (nSPS) is 15.5. The number of nitrogens with one attached hydrogen (secondary N) is 2.